The van der Waals surface area contributed by atoms with Gasteiger partial charge in [0, 0.05) is 12.5 Å². The molecule has 0 spiro atoms. The molecule has 3 aromatic rings. The first-order valence-electron chi connectivity index (χ1n) is 4.96. The van der Waals surface area contributed by atoms with Gasteiger partial charge in [-0.1, -0.05) is 12.1 Å². The molecular formula is C11H10N4O. The minimum Gasteiger partial charge on any atom is -0.380 e. The van der Waals surface area contributed by atoms with Crippen molar-refractivity contribution in [1.29, 1.82) is 0 Å². The summed E-state index contributed by atoms with van der Waals surface area (Å²) in [5.74, 6) is 0. The summed E-state index contributed by atoms with van der Waals surface area (Å²) in [7, 11) is 1.68. The number of aromatic amines is 1. The van der Waals surface area contributed by atoms with Gasteiger partial charge in [-0.05, 0) is 11.6 Å². The number of nitrogens with zero attached hydrogens (tertiary/aromatic N) is 3. The molecule has 3 rings (SSSR count). The molecule has 0 unspecified atom stereocenters. The quantitative estimate of drug-likeness (QED) is 0.704. The summed E-state index contributed by atoms with van der Waals surface area (Å²) in [5, 5.41) is 17.0. The molecule has 0 atom stereocenters. The normalized spacial score (nSPS) is 11.3. The lowest BCUT2D eigenvalue weighted by molar-refractivity contribution is 0.185. The fraction of sp³-hybridized carbons (Fsp3) is 0.182. The molecule has 0 saturated carbocycles. The summed E-state index contributed by atoms with van der Waals surface area (Å²) in [6.45, 7) is 0.584. The summed E-state index contributed by atoms with van der Waals surface area (Å²) >= 11 is 0. The molecule has 1 aromatic carbocycles. The molecule has 0 aliphatic heterocycles. The van der Waals surface area contributed by atoms with Crippen LogP contribution in [0.5, 0.6) is 0 Å². The molecule has 0 aliphatic rings. The second-order valence-corrected chi connectivity index (χ2v) is 3.62. The van der Waals surface area contributed by atoms with E-state index in [-0.39, 0.29) is 0 Å². The Balaban J connectivity index is 2.28. The standard InChI is InChI=1S/C11H10N4O/c1-16-6-7-2-3-8-9-5-12-14-11(9)15-13-10(8)4-7/h2-5H,6H2,1H3,(H,12,14,15). The third-order valence-corrected chi connectivity index (χ3v) is 2.54. The smallest absolute Gasteiger partial charge is 0.178 e. The number of nitrogens with one attached hydrogen (secondary N) is 1. The van der Waals surface area contributed by atoms with Crippen LogP contribution < -0.4 is 0 Å². The van der Waals surface area contributed by atoms with E-state index in [0.29, 0.717) is 12.3 Å². The van der Waals surface area contributed by atoms with Crippen molar-refractivity contribution >= 4 is 21.9 Å². The third-order valence-electron chi connectivity index (χ3n) is 2.54. The summed E-state index contributed by atoms with van der Waals surface area (Å²) in [4.78, 5) is 0. The average molecular weight is 214 g/mol. The van der Waals surface area contributed by atoms with Gasteiger partial charge in [0.15, 0.2) is 5.65 Å². The van der Waals surface area contributed by atoms with Crippen LogP contribution in [0.4, 0.5) is 0 Å². The Morgan fingerprint density at radius 1 is 1.25 bits per heavy atom. The number of ether oxygens (including phenoxy) is 1. The van der Waals surface area contributed by atoms with Gasteiger partial charge in [-0.2, -0.15) is 5.10 Å². The molecule has 0 saturated heterocycles. The maximum atomic E-state index is 5.08. The van der Waals surface area contributed by atoms with Gasteiger partial charge in [0.05, 0.1) is 23.7 Å². The van der Waals surface area contributed by atoms with Crippen molar-refractivity contribution in [3.8, 4) is 0 Å². The highest BCUT2D eigenvalue weighted by Crippen LogP contribution is 2.21. The maximum absolute atomic E-state index is 5.08. The second kappa shape index (κ2) is 3.53. The highest BCUT2D eigenvalue weighted by molar-refractivity contribution is 6.02. The fourth-order valence-electron chi connectivity index (χ4n) is 1.80. The Kier molecular flexibility index (Phi) is 2.04. The van der Waals surface area contributed by atoms with Crippen molar-refractivity contribution in [2.24, 2.45) is 0 Å². The highest BCUT2D eigenvalue weighted by atomic mass is 16.5. The van der Waals surface area contributed by atoms with Gasteiger partial charge in [0.25, 0.3) is 0 Å². The van der Waals surface area contributed by atoms with Crippen LogP contribution in [0.15, 0.2) is 24.4 Å². The van der Waals surface area contributed by atoms with Gasteiger partial charge in [-0.15, -0.1) is 10.2 Å². The van der Waals surface area contributed by atoms with Crippen molar-refractivity contribution in [3.63, 3.8) is 0 Å². The zero-order valence-corrected chi connectivity index (χ0v) is 8.77. The first-order chi connectivity index (χ1) is 7.88. The fourth-order valence-corrected chi connectivity index (χ4v) is 1.80. The number of benzene rings is 1. The molecule has 2 heterocycles. The van der Waals surface area contributed by atoms with Crippen LogP contribution in [0.3, 0.4) is 0 Å². The van der Waals surface area contributed by atoms with Crippen molar-refractivity contribution in [2.45, 2.75) is 6.61 Å². The molecule has 0 bridgehead atoms. The molecule has 0 fully saturated rings. The largest absolute Gasteiger partial charge is 0.380 e. The van der Waals surface area contributed by atoms with Crippen LogP contribution in [-0.2, 0) is 11.3 Å². The lowest BCUT2D eigenvalue weighted by Crippen LogP contribution is -1.90. The van der Waals surface area contributed by atoms with E-state index in [0.717, 1.165) is 21.9 Å². The van der Waals surface area contributed by atoms with Crippen LogP contribution in [0.1, 0.15) is 5.56 Å². The third kappa shape index (κ3) is 1.33. The highest BCUT2D eigenvalue weighted by Gasteiger charge is 2.05. The van der Waals surface area contributed by atoms with Crippen LogP contribution >= 0.6 is 0 Å². The van der Waals surface area contributed by atoms with Crippen molar-refractivity contribution in [1.82, 2.24) is 20.4 Å². The van der Waals surface area contributed by atoms with E-state index in [9.17, 15) is 0 Å². The van der Waals surface area contributed by atoms with E-state index in [1.54, 1.807) is 13.3 Å². The van der Waals surface area contributed by atoms with Gasteiger partial charge in [-0.3, -0.25) is 5.10 Å². The molecule has 1 N–H and O–H groups in total. The predicted molar refractivity (Wildman–Crippen MR) is 59.9 cm³/mol. The van der Waals surface area contributed by atoms with E-state index in [1.807, 2.05) is 18.2 Å². The zero-order valence-electron chi connectivity index (χ0n) is 8.77. The topological polar surface area (TPSA) is 63.7 Å². The summed E-state index contributed by atoms with van der Waals surface area (Å²) in [6, 6.07) is 6.04. The van der Waals surface area contributed by atoms with Gasteiger partial charge in [0.1, 0.15) is 0 Å². The Morgan fingerprint density at radius 3 is 3.06 bits per heavy atom. The minimum absolute atomic E-state index is 0.584. The van der Waals surface area contributed by atoms with Crippen LogP contribution in [0.2, 0.25) is 0 Å². The number of methoxy groups -OCH3 is 1. The van der Waals surface area contributed by atoms with Crippen molar-refractivity contribution in [2.75, 3.05) is 7.11 Å². The molecule has 5 heteroatoms. The zero-order chi connectivity index (χ0) is 11.0. The van der Waals surface area contributed by atoms with Crippen LogP contribution in [-0.4, -0.2) is 27.5 Å². The summed E-state index contributed by atoms with van der Waals surface area (Å²) in [5.41, 5.74) is 2.67. The summed E-state index contributed by atoms with van der Waals surface area (Å²) < 4.78 is 5.08. The molecule has 5 nitrogen and oxygen atoms in total. The van der Waals surface area contributed by atoms with Gasteiger partial charge < -0.3 is 4.74 Å². The molecule has 0 amide bonds. The van der Waals surface area contributed by atoms with E-state index in [2.05, 4.69) is 20.4 Å². The molecule has 0 aliphatic carbocycles. The second-order valence-electron chi connectivity index (χ2n) is 3.62. The Hall–Kier alpha value is -2.01. The van der Waals surface area contributed by atoms with Crippen molar-refractivity contribution in [3.05, 3.63) is 30.0 Å². The number of aromatic nitrogens is 4. The monoisotopic (exact) mass is 214 g/mol. The average Bonchev–Trinajstić information content (AvgIpc) is 2.77. The number of H-pyrrole nitrogens is 1. The lowest BCUT2D eigenvalue weighted by Gasteiger charge is -2.01. The molecule has 16 heavy (non-hydrogen) atoms. The van der Waals surface area contributed by atoms with E-state index in [4.69, 9.17) is 4.74 Å². The maximum Gasteiger partial charge on any atom is 0.178 e. The summed E-state index contributed by atoms with van der Waals surface area (Å²) in [6.07, 6.45) is 1.77. The Labute approximate surface area is 91.4 Å². The number of hydrogen-bond acceptors (Lipinski definition) is 4. The number of hydrogen-bond donors (Lipinski definition) is 1. The van der Waals surface area contributed by atoms with E-state index in [1.165, 1.54) is 0 Å². The molecule has 2 aromatic heterocycles. The molecular weight excluding hydrogens is 204 g/mol. The van der Waals surface area contributed by atoms with Crippen LogP contribution in [0, 0.1) is 0 Å². The van der Waals surface area contributed by atoms with Gasteiger partial charge in [0.2, 0.25) is 0 Å². The number of rotatable bonds is 2. The Morgan fingerprint density at radius 2 is 2.19 bits per heavy atom. The van der Waals surface area contributed by atoms with E-state index >= 15 is 0 Å². The van der Waals surface area contributed by atoms with Gasteiger partial charge in [-0.25, -0.2) is 0 Å². The van der Waals surface area contributed by atoms with E-state index < -0.39 is 0 Å². The first kappa shape index (κ1) is 9.23. The number of fused-ring (bicyclic) bond motifs is 3. The molecule has 0 radical (unpaired) electrons. The SMILES string of the molecule is COCc1ccc2c(c1)nnc1[nH]ncc12. The molecule has 80 valence electrons. The van der Waals surface area contributed by atoms with Crippen LogP contribution in [0.25, 0.3) is 21.9 Å². The lowest BCUT2D eigenvalue weighted by atomic mass is 10.1. The first-order valence-corrected chi connectivity index (χ1v) is 4.96. The Bertz CT molecular complexity index is 647. The minimum atomic E-state index is 0.584. The van der Waals surface area contributed by atoms with Gasteiger partial charge >= 0.3 is 0 Å². The van der Waals surface area contributed by atoms with Crippen molar-refractivity contribution < 1.29 is 4.74 Å². The predicted octanol–water partition coefficient (Wildman–Crippen LogP) is 1.65.